The number of hydrogen-bond donors (Lipinski definition) is 2. The monoisotopic (exact) mass is 414 g/mol. The molecule has 0 heterocycles. The number of allylic oxidation sites excluding steroid dienone is 3. The van der Waals surface area contributed by atoms with Gasteiger partial charge in [0.25, 0.3) is 0 Å². The number of hydrogen-bond acceptors (Lipinski definition) is 2. The van der Waals surface area contributed by atoms with Gasteiger partial charge >= 0.3 is 0 Å². The van der Waals surface area contributed by atoms with Crippen molar-refractivity contribution in [3.05, 3.63) is 35.5 Å². The van der Waals surface area contributed by atoms with Crippen molar-refractivity contribution in [2.75, 3.05) is 0 Å². The van der Waals surface area contributed by atoms with E-state index in [1.807, 2.05) is 0 Å². The van der Waals surface area contributed by atoms with E-state index in [9.17, 15) is 10.2 Å². The fraction of sp³-hybridized carbons (Fsp3) is 0.786. The lowest BCUT2D eigenvalue weighted by atomic mass is 9.60. The van der Waals surface area contributed by atoms with Crippen LogP contribution in [0.2, 0.25) is 0 Å². The molecule has 0 radical (unpaired) electrons. The highest BCUT2D eigenvalue weighted by Gasteiger charge is 2.50. The lowest BCUT2D eigenvalue weighted by molar-refractivity contribution is 0.0861. The van der Waals surface area contributed by atoms with Crippen molar-refractivity contribution in [2.24, 2.45) is 35.0 Å². The number of rotatable bonds is 6. The smallest absolute Gasteiger partial charge is 0.0811 e. The first-order chi connectivity index (χ1) is 14.1. The third kappa shape index (κ3) is 4.96. The van der Waals surface area contributed by atoms with Gasteiger partial charge in [-0.2, -0.15) is 0 Å². The molecule has 3 saturated carbocycles. The van der Waals surface area contributed by atoms with E-state index in [1.165, 1.54) is 44.9 Å². The third-order valence-corrected chi connectivity index (χ3v) is 9.20. The molecule has 30 heavy (non-hydrogen) atoms. The van der Waals surface area contributed by atoms with E-state index in [0.717, 1.165) is 34.8 Å². The molecule has 0 unspecified atom stereocenters. The molecule has 0 saturated heterocycles. The van der Waals surface area contributed by atoms with Crippen molar-refractivity contribution in [3.8, 4) is 0 Å². The Bertz CT molecular complexity index is 672. The summed E-state index contributed by atoms with van der Waals surface area (Å²) in [5.74, 6) is 3.95. The van der Waals surface area contributed by atoms with E-state index in [-0.39, 0.29) is 0 Å². The second-order valence-electron chi connectivity index (χ2n) is 11.4. The molecule has 3 aliphatic carbocycles. The Kier molecular flexibility index (Phi) is 7.72. The van der Waals surface area contributed by atoms with E-state index >= 15 is 0 Å². The molecule has 0 aromatic heterocycles. The predicted octanol–water partition coefficient (Wildman–Crippen LogP) is 6.84. The molecule has 0 bridgehead atoms. The molecule has 0 aromatic rings. The first kappa shape index (κ1) is 23.8. The fourth-order valence-corrected chi connectivity index (χ4v) is 6.74. The van der Waals surface area contributed by atoms with Gasteiger partial charge in [-0.1, -0.05) is 71.8 Å². The summed E-state index contributed by atoms with van der Waals surface area (Å²) in [5.41, 5.74) is 3.87. The molecular weight excluding hydrogens is 368 g/mol. The van der Waals surface area contributed by atoms with Crippen LogP contribution in [0.1, 0.15) is 92.4 Å². The lowest BCUT2D eigenvalue weighted by Crippen LogP contribution is -2.36. The summed E-state index contributed by atoms with van der Waals surface area (Å²) in [7, 11) is 0. The van der Waals surface area contributed by atoms with E-state index in [0.29, 0.717) is 24.2 Å². The van der Waals surface area contributed by atoms with Crippen LogP contribution in [-0.4, -0.2) is 22.4 Å². The van der Waals surface area contributed by atoms with Gasteiger partial charge in [0.05, 0.1) is 12.2 Å². The van der Waals surface area contributed by atoms with E-state index in [4.69, 9.17) is 0 Å². The minimum absolute atomic E-state index is 0.419. The maximum absolute atomic E-state index is 10.1. The van der Waals surface area contributed by atoms with Crippen LogP contribution in [0.25, 0.3) is 0 Å². The quantitative estimate of drug-likeness (QED) is 0.500. The van der Waals surface area contributed by atoms with Gasteiger partial charge < -0.3 is 10.2 Å². The maximum Gasteiger partial charge on any atom is 0.0811 e. The van der Waals surface area contributed by atoms with Gasteiger partial charge in [0.1, 0.15) is 0 Å². The second-order valence-corrected chi connectivity index (χ2v) is 11.4. The molecule has 7 atom stereocenters. The van der Waals surface area contributed by atoms with E-state index in [1.54, 1.807) is 5.57 Å². The molecule has 3 rings (SSSR count). The Morgan fingerprint density at radius 2 is 1.83 bits per heavy atom. The highest BCUT2D eigenvalue weighted by atomic mass is 16.3. The molecule has 2 nitrogen and oxygen atoms in total. The average Bonchev–Trinajstić information content (AvgIpc) is 3.04. The highest BCUT2D eigenvalue weighted by molar-refractivity contribution is 5.38. The minimum atomic E-state index is -0.597. The molecule has 2 heteroatoms. The van der Waals surface area contributed by atoms with Gasteiger partial charge in [0, 0.05) is 6.42 Å². The van der Waals surface area contributed by atoms with Crippen LogP contribution in [0.15, 0.2) is 35.5 Å². The SMILES string of the molecule is C=C1/C(=C\C=C2CCC[C@]3(C)[C@@H]([C@H](C)CC[C@H](C)C(C)C)CC[C@@H]23)C[C@@H](O)C[C@@H]1O. The standard InChI is InChI=1S/C28H46O2/c1-18(2)19(3)9-10-20(4)25-13-14-26-22(8-7-15-28(25,26)6)11-12-23-16-24(29)17-27(30)21(23)5/h11-12,18-20,24-27,29-30H,5,7-10,13-17H2,1-4,6H3/b22-11?,23-12-/t19-,20+,24+,25+,26-,27-,28+/m0/s1. The van der Waals surface area contributed by atoms with Crippen LogP contribution in [0, 0.1) is 35.0 Å². The fourth-order valence-electron chi connectivity index (χ4n) is 6.74. The van der Waals surface area contributed by atoms with Gasteiger partial charge in [-0.25, -0.2) is 0 Å². The van der Waals surface area contributed by atoms with Crippen molar-refractivity contribution in [3.63, 3.8) is 0 Å². The Balaban J connectivity index is 1.72. The zero-order chi connectivity index (χ0) is 22.1. The Labute approximate surface area is 185 Å². The van der Waals surface area contributed by atoms with Gasteiger partial charge in [-0.3, -0.25) is 0 Å². The highest BCUT2D eigenvalue weighted by Crippen LogP contribution is 2.60. The van der Waals surface area contributed by atoms with Crippen LogP contribution in [0.4, 0.5) is 0 Å². The van der Waals surface area contributed by atoms with Gasteiger partial charge in [-0.15, -0.1) is 0 Å². The zero-order valence-corrected chi connectivity index (χ0v) is 20.2. The summed E-state index contributed by atoms with van der Waals surface area (Å²) in [6, 6.07) is 0. The van der Waals surface area contributed by atoms with Gasteiger partial charge in [0.2, 0.25) is 0 Å². The van der Waals surface area contributed by atoms with Crippen molar-refractivity contribution < 1.29 is 10.2 Å². The number of aliphatic hydroxyl groups is 2. The number of fused-ring (bicyclic) bond motifs is 1. The first-order valence-corrected chi connectivity index (χ1v) is 12.6. The van der Waals surface area contributed by atoms with Crippen LogP contribution < -0.4 is 0 Å². The Morgan fingerprint density at radius 3 is 2.53 bits per heavy atom. The normalized spacial score (nSPS) is 39.5. The largest absolute Gasteiger partial charge is 0.393 e. The third-order valence-electron chi connectivity index (χ3n) is 9.20. The first-order valence-electron chi connectivity index (χ1n) is 12.6. The van der Waals surface area contributed by atoms with Crippen molar-refractivity contribution >= 4 is 0 Å². The summed E-state index contributed by atoms with van der Waals surface area (Å²) >= 11 is 0. The average molecular weight is 415 g/mol. The maximum atomic E-state index is 10.1. The van der Waals surface area contributed by atoms with Crippen LogP contribution in [0.3, 0.4) is 0 Å². The van der Waals surface area contributed by atoms with Crippen LogP contribution in [0.5, 0.6) is 0 Å². The van der Waals surface area contributed by atoms with Gasteiger partial charge in [-0.05, 0) is 84.7 Å². The Morgan fingerprint density at radius 1 is 1.10 bits per heavy atom. The second kappa shape index (κ2) is 9.74. The molecule has 0 aliphatic heterocycles. The summed E-state index contributed by atoms with van der Waals surface area (Å²) in [6.45, 7) is 16.3. The predicted molar refractivity (Wildman–Crippen MR) is 127 cm³/mol. The topological polar surface area (TPSA) is 40.5 Å². The van der Waals surface area contributed by atoms with Crippen molar-refractivity contribution in [2.45, 2.75) is 105 Å². The molecule has 3 aliphatic rings. The van der Waals surface area contributed by atoms with E-state index in [2.05, 4.69) is 53.3 Å². The summed E-state index contributed by atoms with van der Waals surface area (Å²) in [6.07, 6.45) is 13.8. The minimum Gasteiger partial charge on any atom is -0.393 e. The van der Waals surface area contributed by atoms with Gasteiger partial charge in [0.15, 0.2) is 0 Å². The molecule has 3 fully saturated rings. The molecule has 2 N–H and O–H groups in total. The summed E-state index contributed by atoms with van der Waals surface area (Å²) < 4.78 is 0. The zero-order valence-electron chi connectivity index (χ0n) is 20.2. The molecule has 0 amide bonds. The molecular formula is C28H46O2. The molecule has 0 spiro atoms. The molecule has 0 aromatic carbocycles. The summed E-state index contributed by atoms with van der Waals surface area (Å²) in [5, 5.41) is 20.2. The lowest BCUT2D eigenvalue weighted by Gasteiger charge is -2.44. The van der Waals surface area contributed by atoms with Crippen LogP contribution in [-0.2, 0) is 0 Å². The van der Waals surface area contributed by atoms with E-state index < -0.39 is 12.2 Å². The van der Waals surface area contributed by atoms with Crippen LogP contribution >= 0.6 is 0 Å². The molecule has 170 valence electrons. The van der Waals surface area contributed by atoms with Crippen molar-refractivity contribution in [1.29, 1.82) is 0 Å². The van der Waals surface area contributed by atoms with Crippen molar-refractivity contribution in [1.82, 2.24) is 0 Å². The Hall–Kier alpha value is -0.860. The number of aliphatic hydroxyl groups excluding tert-OH is 2. The summed E-state index contributed by atoms with van der Waals surface area (Å²) in [4.78, 5) is 0.